The molecule has 1 amide bonds. The zero-order chi connectivity index (χ0) is 14.6. The second kappa shape index (κ2) is 6.17. The van der Waals surface area contributed by atoms with Crippen molar-refractivity contribution in [2.24, 2.45) is 17.3 Å². The molecular formula is C14H23NO4. The fourth-order valence-electron chi connectivity index (χ4n) is 2.18. The first-order chi connectivity index (χ1) is 8.75. The van der Waals surface area contributed by atoms with Crippen LogP contribution in [-0.2, 0) is 19.1 Å². The number of carbonyl (C=O) groups excluding carboxylic acids is 3. The molecule has 5 nitrogen and oxygen atoms in total. The third-order valence-electron chi connectivity index (χ3n) is 3.60. The maximum absolute atomic E-state index is 11.9. The quantitative estimate of drug-likeness (QED) is 0.781. The summed E-state index contributed by atoms with van der Waals surface area (Å²) in [6.45, 7) is 5.53. The normalized spacial score (nSPS) is 22.9. The van der Waals surface area contributed by atoms with E-state index in [2.05, 4.69) is 10.1 Å². The molecule has 19 heavy (non-hydrogen) atoms. The van der Waals surface area contributed by atoms with Crippen LogP contribution in [0.3, 0.4) is 0 Å². The monoisotopic (exact) mass is 269 g/mol. The van der Waals surface area contributed by atoms with Crippen LogP contribution in [0.2, 0.25) is 0 Å². The minimum atomic E-state index is -0.447. The lowest BCUT2D eigenvalue weighted by molar-refractivity contribution is -0.145. The molecule has 2 unspecified atom stereocenters. The second-order valence-corrected chi connectivity index (χ2v) is 6.12. The minimum Gasteiger partial charge on any atom is -0.469 e. The van der Waals surface area contributed by atoms with Crippen LogP contribution in [-0.4, -0.2) is 31.3 Å². The highest BCUT2D eigenvalue weighted by atomic mass is 16.5. The Morgan fingerprint density at radius 1 is 1.16 bits per heavy atom. The molecule has 2 atom stereocenters. The Morgan fingerprint density at radius 2 is 1.74 bits per heavy atom. The van der Waals surface area contributed by atoms with Crippen molar-refractivity contribution in [3.63, 3.8) is 0 Å². The molecule has 5 heteroatoms. The Bertz CT molecular complexity index is 370. The Kier molecular flexibility index (Phi) is 5.09. The number of hydrogen-bond donors (Lipinski definition) is 1. The van der Waals surface area contributed by atoms with E-state index in [4.69, 9.17) is 0 Å². The van der Waals surface area contributed by atoms with Gasteiger partial charge in [0.2, 0.25) is 5.91 Å². The molecule has 0 spiro atoms. The number of carbonyl (C=O) groups is 3. The number of ketones is 1. The van der Waals surface area contributed by atoms with Crippen LogP contribution < -0.4 is 5.32 Å². The maximum Gasteiger partial charge on any atom is 0.308 e. The Hall–Kier alpha value is -1.39. The van der Waals surface area contributed by atoms with Crippen molar-refractivity contribution in [1.82, 2.24) is 5.32 Å². The third kappa shape index (κ3) is 4.33. The molecule has 0 heterocycles. The lowest BCUT2D eigenvalue weighted by atomic mass is 9.91. The van der Waals surface area contributed by atoms with E-state index in [1.165, 1.54) is 7.11 Å². The number of rotatable bonds is 4. The van der Waals surface area contributed by atoms with Crippen molar-refractivity contribution in [1.29, 1.82) is 0 Å². The Balaban J connectivity index is 2.40. The van der Waals surface area contributed by atoms with Gasteiger partial charge >= 0.3 is 5.97 Å². The van der Waals surface area contributed by atoms with Crippen LogP contribution in [0.5, 0.6) is 0 Å². The molecule has 0 aliphatic heterocycles. The summed E-state index contributed by atoms with van der Waals surface area (Å²) in [4.78, 5) is 35.0. The van der Waals surface area contributed by atoms with E-state index in [1.54, 1.807) is 0 Å². The molecule has 0 aromatic rings. The van der Waals surface area contributed by atoms with Gasteiger partial charge in [0, 0.05) is 11.3 Å². The van der Waals surface area contributed by atoms with Gasteiger partial charge in [0.05, 0.1) is 19.6 Å². The van der Waals surface area contributed by atoms with E-state index in [0.29, 0.717) is 19.3 Å². The summed E-state index contributed by atoms with van der Waals surface area (Å²) in [6.07, 6.45) is 1.87. The van der Waals surface area contributed by atoms with Crippen molar-refractivity contribution >= 4 is 17.7 Å². The first-order valence-electron chi connectivity index (χ1n) is 6.64. The largest absolute Gasteiger partial charge is 0.469 e. The van der Waals surface area contributed by atoms with E-state index < -0.39 is 5.41 Å². The summed E-state index contributed by atoms with van der Waals surface area (Å²) < 4.78 is 4.68. The highest BCUT2D eigenvalue weighted by molar-refractivity contribution is 5.90. The summed E-state index contributed by atoms with van der Waals surface area (Å²) in [7, 11) is 1.36. The van der Waals surface area contributed by atoms with Gasteiger partial charge in [-0.1, -0.05) is 20.8 Å². The number of amides is 1. The van der Waals surface area contributed by atoms with Crippen LogP contribution in [0.15, 0.2) is 0 Å². The second-order valence-electron chi connectivity index (χ2n) is 6.12. The van der Waals surface area contributed by atoms with E-state index in [0.717, 1.165) is 0 Å². The summed E-state index contributed by atoms with van der Waals surface area (Å²) in [5, 5.41) is 2.67. The van der Waals surface area contributed by atoms with Crippen molar-refractivity contribution in [2.45, 2.75) is 40.0 Å². The van der Waals surface area contributed by atoms with Crippen molar-refractivity contribution < 1.29 is 19.1 Å². The predicted molar refractivity (Wildman–Crippen MR) is 70.3 cm³/mol. The molecular weight excluding hydrogens is 246 g/mol. The highest BCUT2D eigenvalue weighted by Crippen LogP contribution is 2.31. The van der Waals surface area contributed by atoms with Crippen LogP contribution >= 0.6 is 0 Å². The van der Waals surface area contributed by atoms with Gasteiger partial charge in [0.15, 0.2) is 5.78 Å². The van der Waals surface area contributed by atoms with Gasteiger partial charge in [0.25, 0.3) is 0 Å². The molecule has 1 aliphatic carbocycles. The fourth-order valence-corrected chi connectivity index (χ4v) is 2.18. The fraction of sp³-hybridized carbons (Fsp3) is 0.786. The molecule has 0 aromatic heterocycles. The maximum atomic E-state index is 11.9. The number of nitrogens with one attached hydrogen (secondary N) is 1. The van der Waals surface area contributed by atoms with Crippen LogP contribution in [0.1, 0.15) is 40.0 Å². The minimum absolute atomic E-state index is 0.00312. The third-order valence-corrected chi connectivity index (χ3v) is 3.60. The molecule has 1 saturated carbocycles. The van der Waals surface area contributed by atoms with Gasteiger partial charge in [-0.2, -0.15) is 0 Å². The molecule has 0 aromatic carbocycles. The highest BCUT2D eigenvalue weighted by Gasteiger charge is 2.34. The molecule has 1 N–H and O–H groups in total. The van der Waals surface area contributed by atoms with Crippen molar-refractivity contribution in [2.75, 3.05) is 13.7 Å². The SMILES string of the molecule is COC(=O)C1CCC(C(=O)NCC(=O)C(C)(C)C)C1. The van der Waals surface area contributed by atoms with Gasteiger partial charge in [-0.15, -0.1) is 0 Å². The van der Waals surface area contributed by atoms with Gasteiger partial charge in [-0.25, -0.2) is 0 Å². The first kappa shape index (κ1) is 15.7. The van der Waals surface area contributed by atoms with Crippen LogP contribution in [0.4, 0.5) is 0 Å². The average Bonchev–Trinajstić information content (AvgIpc) is 2.82. The van der Waals surface area contributed by atoms with Crippen LogP contribution in [0, 0.1) is 17.3 Å². The van der Waals surface area contributed by atoms with Gasteiger partial charge in [0.1, 0.15) is 0 Å². The summed E-state index contributed by atoms with van der Waals surface area (Å²) in [5.41, 5.74) is -0.447. The molecule has 1 aliphatic rings. The van der Waals surface area contributed by atoms with Crippen LogP contribution in [0.25, 0.3) is 0 Å². The molecule has 0 bridgehead atoms. The number of esters is 1. The van der Waals surface area contributed by atoms with E-state index in [9.17, 15) is 14.4 Å². The first-order valence-corrected chi connectivity index (χ1v) is 6.64. The lowest BCUT2D eigenvalue weighted by Gasteiger charge is -2.18. The molecule has 0 radical (unpaired) electrons. The standard InChI is InChI=1S/C14H23NO4/c1-14(2,3)11(16)8-15-12(17)9-5-6-10(7-9)13(18)19-4/h9-10H,5-8H2,1-4H3,(H,15,17). The van der Waals surface area contributed by atoms with Gasteiger partial charge in [-0.3, -0.25) is 14.4 Å². The Labute approximate surface area is 114 Å². The zero-order valence-electron chi connectivity index (χ0n) is 12.1. The zero-order valence-corrected chi connectivity index (χ0v) is 12.1. The molecule has 108 valence electrons. The van der Waals surface area contributed by atoms with Gasteiger partial charge in [-0.05, 0) is 19.3 Å². The topological polar surface area (TPSA) is 72.5 Å². The van der Waals surface area contributed by atoms with Gasteiger partial charge < -0.3 is 10.1 Å². The predicted octanol–water partition coefficient (Wildman–Crippen LogP) is 1.31. The number of methoxy groups -OCH3 is 1. The van der Waals surface area contributed by atoms with E-state index in [-0.39, 0.29) is 36.0 Å². The summed E-state index contributed by atoms with van der Waals surface area (Å²) in [6, 6.07) is 0. The van der Waals surface area contributed by atoms with E-state index in [1.807, 2.05) is 20.8 Å². The number of hydrogen-bond acceptors (Lipinski definition) is 4. The van der Waals surface area contributed by atoms with E-state index >= 15 is 0 Å². The average molecular weight is 269 g/mol. The number of ether oxygens (including phenoxy) is 1. The lowest BCUT2D eigenvalue weighted by Crippen LogP contribution is -2.38. The Morgan fingerprint density at radius 3 is 2.26 bits per heavy atom. The summed E-state index contributed by atoms with van der Waals surface area (Å²) in [5.74, 6) is -0.746. The number of Topliss-reactive ketones (excluding diaryl/α,β-unsaturated/α-hetero) is 1. The smallest absolute Gasteiger partial charge is 0.308 e. The van der Waals surface area contributed by atoms with Crippen molar-refractivity contribution in [3.8, 4) is 0 Å². The molecule has 1 rings (SSSR count). The molecule has 1 fully saturated rings. The summed E-state index contributed by atoms with van der Waals surface area (Å²) >= 11 is 0. The molecule has 0 saturated heterocycles. The van der Waals surface area contributed by atoms with Crippen molar-refractivity contribution in [3.05, 3.63) is 0 Å².